The number of aliphatic hydroxyl groups is 6. The van der Waals surface area contributed by atoms with E-state index >= 15 is 9.59 Å². The number of sulfone groups is 1. The number of carbonyl (C=O) groups excluding carboxylic acids is 19. The van der Waals surface area contributed by atoms with Gasteiger partial charge in [-0.3, -0.25) is 95.9 Å². The third kappa shape index (κ3) is 35.7. The maximum absolute atomic E-state index is 15.2. The summed E-state index contributed by atoms with van der Waals surface area (Å²) in [6, 6.07) is -7.75. The van der Waals surface area contributed by atoms with Crippen molar-refractivity contribution >= 4 is 156 Å². The number of H-pyrrole nitrogens is 2. The fourth-order valence-electron chi connectivity index (χ4n) is 15.9. The molecule has 58 heteroatoms. The van der Waals surface area contributed by atoms with Crippen molar-refractivity contribution in [2.45, 2.75) is 182 Å². The van der Waals surface area contributed by atoms with Gasteiger partial charge in [-0.15, -0.1) is 0 Å². The van der Waals surface area contributed by atoms with E-state index in [1.54, 1.807) is 81.6 Å². The largest absolute Gasteiger partial charge is 0.481 e. The van der Waals surface area contributed by atoms with Gasteiger partial charge in [-0.05, 0) is 73.9 Å². The molecule has 2 aliphatic rings. The number of aliphatic hydroxyl groups excluding tert-OH is 6. The SMILES string of the molecule is CCO[C@@H]1C[C@@H](C(=O)N[C@@H](CO)C(=O)N[C@@H](CC(=O)O)C(=O)N(C)[C@@H](CO)C(=O)N[C@@H](CCS(C)(=O)=O)C(=O)N[C@@H](CO)C(=O)NCC(=O)N[C@@H](CO)C(=O)NCC(=O)N[C@@H](CO)C(=O)NCC(=O)N[C@@H](CO)C(=O)O)N(C(=O)[C@@H]2CCCN2C(=O)CNC(=O)CN(C)C(=O)[C@@H](NC(=O)[C@H](Cc2c[nH]c3ccccc23)NC(=O)[C@H](Cc2c[nH]c3cccc(C(F)(F)F)c23)NC(=O)[C@H](Cc2ccccc2)NC(=O)[C@H](C)N)C(C)C)C1. The molecule has 7 rings (SSSR count). The quantitative estimate of drug-likeness (QED) is 0.0172. The maximum atomic E-state index is 15.2. The monoisotopic (exact) mass is 2130 g/mol. The summed E-state index contributed by atoms with van der Waals surface area (Å²) in [6.07, 6.45) is -5.65. The van der Waals surface area contributed by atoms with Crippen LogP contribution in [-0.4, -0.2) is 418 Å². The molecule has 0 bridgehead atoms. The zero-order valence-corrected chi connectivity index (χ0v) is 82.8. The van der Waals surface area contributed by atoms with Gasteiger partial charge in [-0.1, -0.05) is 68.4 Å². The number of likely N-dealkylation sites (N-methyl/N-ethyl adjacent to an activating group) is 2. The van der Waals surface area contributed by atoms with E-state index in [0.29, 0.717) is 33.2 Å². The smallest absolute Gasteiger partial charge is 0.417 e. The molecule has 0 aliphatic carbocycles. The van der Waals surface area contributed by atoms with Crippen LogP contribution in [0.15, 0.2) is 85.2 Å². The number of benzene rings is 3. The molecular weight excluding hydrogens is 2000 g/mol. The Balaban J connectivity index is 0.965. The maximum Gasteiger partial charge on any atom is 0.417 e. The second-order valence-corrected chi connectivity index (χ2v) is 37.7. The number of aromatic amines is 2. The highest BCUT2D eigenvalue weighted by atomic mass is 32.2. The lowest BCUT2D eigenvalue weighted by atomic mass is 9.98. The number of aromatic nitrogens is 2. The summed E-state index contributed by atoms with van der Waals surface area (Å²) in [6.45, 7) is -5.99. The van der Waals surface area contributed by atoms with Gasteiger partial charge in [-0.25, -0.2) is 13.2 Å². The first-order valence-corrected chi connectivity index (χ1v) is 48.8. The molecule has 0 spiro atoms. The van der Waals surface area contributed by atoms with Crippen LogP contribution in [0.25, 0.3) is 21.8 Å². The lowest BCUT2D eigenvalue weighted by Gasteiger charge is -2.32. The number of hydrogen-bond acceptors (Lipinski definition) is 31. The minimum absolute atomic E-state index is 0.00696. The number of halogens is 3. The molecule has 2 fully saturated rings. The highest BCUT2D eigenvalue weighted by Gasteiger charge is 2.48. The average molecular weight is 2130 g/mol. The van der Waals surface area contributed by atoms with Crippen LogP contribution < -0.4 is 85.5 Å². The minimum atomic E-state index is -4.91. The van der Waals surface area contributed by atoms with Crippen LogP contribution in [0, 0.1) is 5.92 Å². The van der Waals surface area contributed by atoms with Crippen LogP contribution in [0.4, 0.5) is 13.2 Å². The minimum Gasteiger partial charge on any atom is -0.481 e. The number of nitrogens with zero attached hydrogens (tertiary/aromatic N) is 4. The molecule has 149 heavy (non-hydrogen) atoms. The molecule has 54 nitrogen and oxygen atoms in total. The number of alkyl halides is 3. The first-order valence-electron chi connectivity index (χ1n) is 46.7. The molecule has 0 unspecified atom stereocenters. The summed E-state index contributed by atoms with van der Waals surface area (Å²) in [4.78, 5) is 295. The number of carboxylic acid groups (broad SMARTS) is 2. The van der Waals surface area contributed by atoms with E-state index in [1.165, 1.54) is 32.3 Å². The summed E-state index contributed by atoms with van der Waals surface area (Å²) in [7, 11) is -2.04. The van der Waals surface area contributed by atoms with Crippen LogP contribution in [0.1, 0.15) is 82.1 Å². The molecule has 2 aromatic heterocycles. The van der Waals surface area contributed by atoms with Crippen molar-refractivity contribution in [2.75, 3.05) is 118 Å². The third-order valence-electron chi connectivity index (χ3n) is 23.8. The molecule has 3 aromatic carbocycles. The van der Waals surface area contributed by atoms with Crippen molar-refractivity contribution in [2.24, 2.45) is 11.7 Å². The number of likely N-dealkylation sites (tertiary alicyclic amines) is 2. The fraction of sp³-hybridized carbons (Fsp3) is 0.527. The Kier molecular flexibility index (Phi) is 46.1. The van der Waals surface area contributed by atoms with Gasteiger partial charge in [0.15, 0.2) is 0 Å². The van der Waals surface area contributed by atoms with E-state index in [-0.39, 0.29) is 68.3 Å². The van der Waals surface area contributed by atoms with Crippen LogP contribution in [0.2, 0.25) is 0 Å². The van der Waals surface area contributed by atoms with Crippen LogP contribution in [0.5, 0.6) is 0 Å². The number of ether oxygens (including phenoxy) is 1. The molecule has 16 atom stereocenters. The second kappa shape index (κ2) is 56.8. The molecule has 4 heterocycles. The second-order valence-electron chi connectivity index (χ2n) is 35.4. The van der Waals surface area contributed by atoms with Gasteiger partial charge in [0.2, 0.25) is 112 Å². The Labute approximate surface area is 848 Å². The normalized spacial score (nSPS) is 16.6. The molecule has 27 N–H and O–H groups in total. The summed E-state index contributed by atoms with van der Waals surface area (Å²) in [5.74, 6) is -26.7. The van der Waals surface area contributed by atoms with Crippen LogP contribution in [-0.2, 0) is 141 Å². The standard InChI is InChI=1S/C91H125F3N22O32S/c1-8-148-50-29-66(85(139)111-63(42-120)84(138)109-59(30-73(128)129)87(141)114(6)67(44-122)86(140)105-55(23-25-149(7,146)147)80(134)110-62(41-119)79(133)101-34-69(124)103-60(39-117)77(131)99-33-68(123)102-61(40-118)78(132)100-35-70(125)104-64(43-121)90(144)145)116(37-50)88(142)65-22-15-24-115(65)72(127)36-98-71(126)38-113(5)89(143)75(45(2)3)112-83(137)57(27-48-31-96-53-20-13-12-18-51(48)53)107-82(136)58(28-49-32-97-54-21-14-19-52(74(49)54)91(92,93)94)108-81(135)56(106-76(130)46(4)95)26-47-16-10-9-11-17-47/h9-14,16-21,31-32,45-46,50,55-67,75,96-97,117-122H,8,15,22-30,33-44,95H2,1-7H3,(H,98,126)(H,99,131)(H,100,132)(H,101,133)(H,102,123)(H,103,124)(H,104,125)(H,105,140)(H,106,130)(H,107,136)(H,108,135)(H,109,138)(H,110,134)(H,111,139)(H,112,137)(H,128,129)(H,144,145)/t46-,50+,55-,56-,57-,58-,59-,60-,61-,62-,63-,64-,65-,66-,67-,75-/m0/s1. The highest BCUT2D eigenvalue weighted by molar-refractivity contribution is 7.90. The number of nitrogens with one attached hydrogen (secondary N) is 17. The fourth-order valence-corrected chi connectivity index (χ4v) is 16.6. The highest BCUT2D eigenvalue weighted by Crippen LogP contribution is 2.37. The molecule has 5 aromatic rings. The summed E-state index contributed by atoms with van der Waals surface area (Å²) in [5, 5.41) is 112. The first-order chi connectivity index (χ1) is 70.3. The van der Waals surface area contributed by atoms with E-state index < -0.39 is 346 Å². The number of aliphatic carboxylic acids is 2. The van der Waals surface area contributed by atoms with E-state index in [2.05, 4.69) is 52.5 Å². The number of amides is 19. The van der Waals surface area contributed by atoms with Gasteiger partial charge < -0.3 is 161 Å². The zero-order valence-electron chi connectivity index (χ0n) is 81.9. The molecular formula is C91H125F3N22O32S. The summed E-state index contributed by atoms with van der Waals surface area (Å²) < 4.78 is 74.9. The van der Waals surface area contributed by atoms with E-state index in [0.717, 1.165) is 27.8 Å². The van der Waals surface area contributed by atoms with Gasteiger partial charge >= 0.3 is 18.1 Å². The number of carboxylic acids is 2. The van der Waals surface area contributed by atoms with Crippen molar-refractivity contribution in [3.63, 3.8) is 0 Å². The predicted molar refractivity (Wildman–Crippen MR) is 512 cm³/mol. The molecule has 818 valence electrons. The van der Waals surface area contributed by atoms with E-state index in [4.69, 9.17) is 20.7 Å². The topological polar surface area (TPSA) is 815 Å². The lowest BCUT2D eigenvalue weighted by Crippen LogP contribution is -2.61. The Hall–Kier alpha value is -15.0. The van der Waals surface area contributed by atoms with Crippen molar-refractivity contribution in [3.05, 3.63) is 107 Å². The number of rotatable bonds is 57. The molecule has 2 aliphatic heterocycles. The average Bonchev–Trinajstić information content (AvgIpc) is 1.71. The Bertz CT molecular complexity index is 5780. The summed E-state index contributed by atoms with van der Waals surface area (Å²) >= 11 is 0. The zero-order chi connectivity index (χ0) is 111. The number of fused-ring (bicyclic) bond motifs is 2. The molecule has 19 amide bonds. The van der Waals surface area contributed by atoms with Gasteiger partial charge in [0.05, 0.1) is 102 Å². The number of nitrogens with two attached hydrogens (primary N) is 1. The number of para-hydroxylation sites is 1. The molecule has 2 saturated heterocycles. The van der Waals surface area contributed by atoms with E-state index in [9.17, 15) is 143 Å². The molecule has 0 radical (unpaired) electrons. The van der Waals surface area contributed by atoms with Crippen LogP contribution >= 0.6 is 0 Å². The lowest BCUT2D eigenvalue weighted by molar-refractivity contribution is -0.148. The Morgan fingerprint density at radius 3 is 1.51 bits per heavy atom. The van der Waals surface area contributed by atoms with Crippen molar-refractivity contribution in [1.29, 1.82) is 0 Å². The van der Waals surface area contributed by atoms with Crippen molar-refractivity contribution < 1.29 is 168 Å². The third-order valence-corrected chi connectivity index (χ3v) is 24.8. The van der Waals surface area contributed by atoms with Crippen molar-refractivity contribution in [3.8, 4) is 0 Å². The van der Waals surface area contributed by atoms with Gasteiger partial charge in [-0.2, -0.15) is 13.2 Å². The van der Waals surface area contributed by atoms with Gasteiger partial charge in [0, 0.05) is 99.9 Å². The van der Waals surface area contributed by atoms with Crippen LogP contribution in [0.3, 0.4) is 0 Å². The first kappa shape index (κ1) is 121. The Morgan fingerprint density at radius 2 is 0.980 bits per heavy atom. The Morgan fingerprint density at radius 1 is 0.503 bits per heavy atom. The van der Waals surface area contributed by atoms with E-state index in [1.807, 2.05) is 37.2 Å². The van der Waals surface area contributed by atoms with Gasteiger partial charge in [0.1, 0.15) is 94.4 Å². The summed E-state index contributed by atoms with van der Waals surface area (Å²) in [5.41, 5.74) is 6.37. The molecule has 0 saturated carbocycles. The number of carbonyl (C=O) groups is 21. The van der Waals surface area contributed by atoms with Gasteiger partial charge in [0.25, 0.3) is 0 Å². The van der Waals surface area contributed by atoms with Crippen molar-refractivity contribution in [1.82, 2.24) is 109 Å². The number of hydrogen-bond donors (Lipinski definition) is 26. The predicted octanol–water partition coefficient (Wildman–Crippen LogP) is -11.3.